The molecule has 7 nitrogen and oxygen atoms in total. The Morgan fingerprint density at radius 3 is 2.30 bits per heavy atom. The molecule has 0 fully saturated rings. The summed E-state index contributed by atoms with van der Waals surface area (Å²) in [6.45, 7) is 2.07. The SMILES string of the molecule is COc1ccc(N(CC(O)C[n+]2c(C)[nH]c3ccccc32)S(=O)(=O)c2ccccc2)cc1.[Cl-]. The van der Waals surface area contributed by atoms with E-state index >= 15 is 0 Å². The van der Waals surface area contributed by atoms with Crippen LogP contribution in [0.15, 0.2) is 83.8 Å². The number of para-hydroxylation sites is 2. The van der Waals surface area contributed by atoms with E-state index in [0.717, 1.165) is 16.9 Å². The normalized spacial score (nSPS) is 12.2. The van der Waals surface area contributed by atoms with E-state index in [1.165, 1.54) is 4.31 Å². The predicted octanol–water partition coefficient (Wildman–Crippen LogP) is 0.0328. The molecule has 1 unspecified atom stereocenters. The van der Waals surface area contributed by atoms with Gasteiger partial charge in [0.1, 0.15) is 18.4 Å². The lowest BCUT2D eigenvalue weighted by atomic mass is 10.2. The van der Waals surface area contributed by atoms with Gasteiger partial charge < -0.3 is 22.3 Å². The number of aromatic amines is 1. The number of ether oxygens (including phenoxy) is 1. The number of rotatable bonds is 8. The number of imidazole rings is 1. The summed E-state index contributed by atoms with van der Waals surface area (Å²) in [5.41, 5.74) is 2.36. The van der Waals surface area contributed by atoms with Crippen molar-refractivity contribution in [2.45, 2.75) is 24.5 Å². The number of benzene rings is 3. The third-order valence-corrected chi connectivity index (χ3v) is 7.18. The van der Waals surface area contributed by atoms with Crippen molar-refractivity contribution in [2.24, 2.45) is 0 Å². The lowest BCUT2D eigenvalue weighted by Gasteiger charge is -2.26. The number of sulfonamides is 1. The molecule has 1 heterocycles. The number of aliphatic hydroxyl groups excluding tert-OH is 1. The fourth-order valence-corrected chi connectivity index (χ4v) is 5.29. The Morgan fingerprint density at radius 2 is 1.64 bits per heavy atom. The van der Waals surface area contributed by atoms with Crippen molar-refractivity contribution < 1.29 is 35.2 Å². The van der Waals surface area contributed by atoms with E-state index in [0.29, 0.717) is 11.4 Å². The first-order chi connectivity index (χ1) is 15.4. The number of aromatic nitrogens is 2. The van der Waals surface area contributed by atoms with Crippen molar-refractivity contribution in [1.82, 2.24) is 4.98 Å². The van der Waals surface area contributed by atoms with Gasteiger partial charge in [-0.1, -0.05) is 30.3 Å². The highest BCUT2D eigenvalue weighted by Gasteiger charge is 2.29. The van der Waals surface area contributed by atoms with Gasteiger partial charge in [-0.15, -0.1) is 0 Å². The molecule has 4 aromatic rings. The smallest absolute Gasteiger partial charge is 0.264 e. The number of nitrogens with one attached hydrogen (secondary N) is 1. The number of H-pyrrole nitrogens is 1. The minimum atomic E-state index is -3.88. The Morgan fingerprint density at radius 1 is 1.00 bits per heavy atom. The molecule has 4 rings (SSSR count). The van der Waals surface area contributed by atoms with E-state index in [-0.39, 0.29) is 30.4 Å². The molecule has 9 heteroatoms. The molecule has 2 N–H and O–H groups in total. The molecule has 0 aliphatic carbocycles. The number of nitrogens with zero attached hydrogens (tertiary/aromatic N) is 2. The van der Waals surface area contributed by atoms with E-state index < -0.39 is 16.1 Å². The second-order valence-electron chi connectivity index (χ2n) is 7.54. The number of halogens is 1. The number of anilines is 1. The summed E-state index contributed by atoms with van der Waals surface area (Å²) in [5.74, 6) is 1.50. The average molecular weight is 488 g/mol. The summed E-state index contributed by atoms with van der Waals surface area (Å²) in [6, 6.07) is 22.8. The summed E-state index contributed by atoms with van der Waals surface area (Å²) in [7, 11) is -2.33. The van der Waals surface area contributed by atoms with Crippen molar-refractivity contribution in [3.8, 4) is 5.75 Å². The third-order valence-electron chi connectivity index (χ3n) is 5.38. The molecular formula is C24H26ClN3O4S. The van der Waals surface area contributed by atoms with E-state index in [1.807, 2.05) is 35.8 Å². The van der Waals surface area contributed by atoms with Crippen LogP contribution in [0.1, 0.15) is 5.82 Å². The number of fused-ring (bicyclic) bond motifs is 1. The molecule has 0 amide bonds. The molecule has 174 valence electrons. The van der Waals surface area contributed by atoms with Gasteiger partial charge in [0, 0.05) is 6.92 Å². The molecule has 3 aromatic carbocycles. The fraction of sp³-hybridized carbons (Fsp3) is 0.208. The van der Waals surface area contributed by atoms with Crippen molar-refractivity contribution in [1.29, 1.82) is 0 Å². The largest absolute Gasteiger partial charge is 1.00 e. The fourth-order valence-electron chi connectivity index (χ4n) is 3.76. The van der Waals surface area contributed by atoms with Gasteiger partial charge in [-0.25, -0.2) is 18.0 Å². The highest BCUT2D eigenvalue weighted by Crippen LogP contribution is 2.26. The quantitative estimate of drug-likeness (QED) is 0.343. The Bertz CT molecular complexity index is 1310. The zero-order valence-electron chi connectivity index (χ0n) is 18.3. The van der Waals surface area contributed by atoms with Crippen LogP contribution >= 0.6 is 0 Å². The first-order valence-corrected chi connectivity index (χ1v) is 11.7. The Labute approximate surface area is 199 Å². The van der Waals surface area contributed by atoms with E-state index in [9.17, 15) is 13.5 Å². The topological polar surface area (TPSA) is 86.5 Å². The van der Waals surface area contributed by atoms with E-state index in [2.05, 4.69) is 4.98 Å². The summed E-state index contributed by atoms with van der Waals surface area (Å²) in [4.78, 5) is 3.46. The number of aliphatic hydroxyl groups is 1. The van der Waals surface area contributed by atoms with Gasteiger partial charge in [0.2, 0.25) is 0 Å². The highest BCUT2D eigenvalue weighted by atomic mass is 35.5. The second-order valence-corrected chi connectivity index (χ2v) is 9.40. The molecule has 0 aliphatic heterocycles. The van der Waals surface area contributed by atoms with Gasteiger partial charge in [0.05, 0.1) is 24.2 Å². The number of hydrogen-bond acceptors (Lipinski definition) is 4. The minimum Gasteiger partial charge on any atom is -1.00 e. The first kappa shape index (κ1) is 24.6. The highest BCUT2D eigenvalue weighted by molar-refractivity contribution is 7.92. The van der Waals surface area contributed by atoms with Crippen LogP contribution in [0.3, 0.4) is 0 Å². The van der Waals surface area contributed by atoms with Crippen LogP contribution in [0.25, 0.3) is 11.0 Å². The first-order valence-electron chi connectivity index (χ1n) is 10.3. The van der Waals surface area contributed by atoms with Gasteiger partial charge in [0.25, 0.3) is 15.8 Å². The molecule has 0 radical (unpaired) electrons. The maximum atomic E-state index is 13.5. The van der Waals surface area contributed by atoms with Crippen molar-refractivity contribution in [3.63, 3.8) is 0 Å². The van der Waals surface area contributed by atoms with Gasteiger partial charge >= 0.3 is 0 Å². The minimum absolute atomic E-state index is 0. The Hall–Kier alpha value is -3.07. The second kappa shape index (κ2) is 10.2. The van der Waals surface area contributed by atoms with E-state index in [4.69, 9.17) is 4.74 Å². The molecule has 1 atom stereocenters. The molecule has 0 aliphatic rings. The molecule has 33 heavy (non-hydrogen) atoms. The van der Waals surface area contributed by atoms with Crippen LogP contribution in [-0.4, -0.2) is 38.3 Å². The Kier molecular flexibility index (Phi) is 7.63. The van der Waals surface area contributed by atoms with Crippen LogP contribution in [0.2, 0.25) is 0 Å². The molecule has 1 aromatic heterocycles. The van der Waals surface area contributed by atoms with Crippen LogP contribution < -0.4 is 26.0 Å². The maximum absolute atomic E-state index is 13.5. The summed E-state index contributed by atoms with van der Waals surface area (Å²) in [5, 5.41) is 11.0. The van der Waals surface area contributed by atoms with Gasteiger partial charge in [-0.05, 0) is 48.5 Å². The lowest BCUT2D eigenvalue weighted by Crippen LogP contribution is -3.00. The van der Waals surface area contributed by atoms with Crippen LogP contribution in [0.4, 0.5) is 5.69 Å². The number of hydrogen-bond donors (Lipinski definition) is 2. The Balaban J connectivity index is 0.00000306. The van der Waals surface area contributed by atoms with Gasteiger partial charge in [-0.2, -0.15) is 0 Å². The molecule has 0 saturated carbocycles. The lowest BCUT2D eigenvalue weighted by molar-refractivity contribution is -0.684. The predicted molar refractivity (Wildman–Crippen MR) is 123 cm³/mol. The summed E-state index contributed by atoms with van der Waals surface area (Å²) in [6.07, 6.45) is -0.946. The van der Waals surface area contributed by atoms with Crippen LogP contribution in [0, 0.1) is 6.92 Å². The standard InChI is InChI=1S/C24H25N3O4S.ClH/c1-18-25-23-10-6-7-11-24(23)26(18)16-20(28)17-27(19-12-14-21(31-2)15-13-19)32(29,30)22-8-4-3-5-9-22;/h3-15,20,28H,16-17H2,1-2H3;1H. The van der Waals surface area contributed by atoms with Crippen LogP contribution in [-0.2, 0) is 16.6 Å². The molecule has 0 spiro atoms. The van der Waals surface area contributed by atoms with Crippen molar-refractivity contribution in [2.75, 3.05) is 18.0 Å². The monoisotopic (exact) mass is 487 g/mol. The summed E-state index contributed by atoms with van der Waals surface area (Å²) >= 11 is 0. The van der Waals surface area contributed by atoms with E-state index in [1.54, 1.807) is 61.7 Å². The molecule has 0 bridgehead atoms. The zero-order valence-corrected chi connectivity index (χ0v) is 19.9. The number of methoxy groups -OCH3 is 1. The van der Waals surface area contributed by atoms with Crippen LogP contribution in [0.5, 0.6) is 5.75 Å². The molecule has 0 saturated heterocycles. The zero-order chi connectivity index (χ0) is 22.7. The third kappa shape index (κ3) is 5.13. The molecular weight excluding hydrogens is 462 g/mol. The average Bonchev–Trinajstić information content (AvgIpc) is 3.13. The van der Waals surface area contributed by atoms with Crippen molar-refractivity contribution in [3.05, 3.63) is 84.7 Å². The maximum Gasteiger partial charge on any atom is 0.264 e. The van der Waals surface area contributed by atoms with Crippen molar-refractivity contribution >= 4 is 26.7 Å². The number of aryl methyl sites for hydroxylation is 1. The van der Waals surface area contributed by atoms with Gasteiger partial charge in [-0.3, -0.25) is 4.31 Å². The summed E-state index contributed by atoms with van der Waals surface area (Å²) < 4.78 is 35.4. The van der Waals surface area contributed by atoms with Gasteiger partial charge in [0.15, 0.2) is 11.0 Å².